The highest BCUT2D eigenvalue weighted by molar-refractivity contribution is 7.80. The predicted molar refractivity (Wildman–Crippen MR) is 68.4 cm³/mol. The molecule has 0 aromatic carbocycles. The molecule has 0 fully saturated rings. The molecule has 5 nitrogen and oxygen atoms in total. The van der Waals surface area contributed by atoms with Crippen molar-refractivity contribution in [2.45, 2.75) is 39.7 Å². The van der Waals surface area contributed by atoms with Gasteiger partial charge >= 0.3 is 5.97 Å². The number of nitrogens with one attached hydrogen (secondary N) is 2. The molecule has 0 amide bonds. The van der Waals surface area contributed by atoms with Crippen LogP contribution in [-0.2, 0) is 9.53 Å². The number of nitrogens with zero attached hydrogens (tertiary/aromatic N) is 1. The fourth-order valence-electron chi connectivity index (χ4n) is 0.828. The van der Waals surface area contributed by atoms with Crippen LogP contribution in [0.2, 0.25) is 0 Å². The lowest BCUT2D eigenvalue weighted by Gasteiger charge is -2.19. The van der Waals surface area contributed by atoms with Gasteiger partial charge < -0.3 is 10.1 Å². The van der Waals surface area contributed by atoms with Crippen LogP contribution >= 0.6 is 12.2 Å². The molecule has 0 saturated heterocycles. The number of hydrogen-bond donors (Lipinski definition) is 2. The van der Waals surface area contributed by atoms with Crippen LogP contribution < -0.4 is 10.7 Å². The molecule has 2 N–H and O–H groups in total. The largest absolute Gasteiger partial charge is 0.460 e. The normalized spacial score (nSPS) is 11.9. The average Bonchev–Trinajstić information content (AvgIpc) is 2.10. The van der Waals surface area contributed by atoms with Crippen molar-refractivity contribution in [1.29, 1.82) is 0 Å². The molecular formula is C10H19N3O2S. The predicted octanol–water partition coefficient (Wildman–Crippen LogP) is 1.19. The second kappa shape index (κ2) is 6.42. The SMILES string of the molecule is CNC(=S)N/N=C(\C)CC(=O)OC(C)(C)C. The summed E-state index contributed by atoms with van der Waals surface area (Å²) < 4.78 is 5.15. The standard InChI is InChI=1S/C10H19N3O2S/c1-7(12-13-9(16)11-5)6-8(14)15-10(2,3)4/h6H2,1-5H3,(H2,11,13,16)/b12-7+. The minimum Gasteiger partial charge on any atom is -0.460 e. The number of hydrogen-bond acceptors (Lipinski definition) is 4. The van der Waals surface area contributed by atoms with Gasteiger partial charge in [0.05, 0.1) is 6.42 Å². The molecule has 0 saturated carbocycles. The molecule has 92 valence electrons. The van der Waals surface area contributed by atoms with Crippen LogP contribution in [0, 0.1) is 0 Å². The van der Waals surface area contributed by atoms with Crippen molar-refractivity contribution in [3.63, 3.8) is 0 Å². The zero-order valence-corrected chi connectivity index (χ0v) is 11.2. The van der Waals surface area contributed by atoms with Gasteiger partial charge in [-0.1, -0.05) is 0 Å². The van der Waals surface area contributed by atoms with Crippen molar-refractivity contribution in [3.8, 4) is 0 Å². The number of thiocarbonyl (C=S) groups is 1. The molecule has 0 heterocycles. The summed E-state index contributed by atoms with van der Waals surface area (Å²) in [5.41, 5.74) is 2.75. The summed E-state index contributed by atoms with van der Waals surface area (Å²) in [5, 5.41) is 7.04. The van der Waals surface area contributed by atoms with Crippen LogP contribution in [0.5, 0.6) is 0 Å². The van der Waals surface area contributed by atoms with Crippen LogP contribution in [-0.4, -0.2) is 29.4 Å². The van der Waals surface area contributed by atoms with Gasteiger partial charge in [-0.05, 0) is 39.9 Å². The first kappa shape index (κ1) is 14.8. The van der Waals surface area contributed by atoms with Crippen molar-refractivity contribution in [2.75, 3.05) is 7.05 Å². The van der Waals surface area contributed by atoms with Crippen LogP contribution in [0.3, 0.4) is 0 Å². The molecule has 0 aromatic rings. The Morgan fingerprint density at radius 2 is 2.00 bits per heavy atom. The molecule has 6 heteroatoms. The molecule has 0 rings (SSSR count). The van der Waals surface area contributed by atoms with Gasteiger partial charge in [0.15, 0.2) is 5.11 Å². The van der Waals surface area contributed by atoms with E-state index in [1.54, 1.807) is 14.0 Å². The maximum Gasteiger partial charge on any atom is 0.312 e. The number of carbonyl (C=O) groups is 1. The number of rotatable bonds is 3. The Hall–Kier alpha value is -1.17. The van der Waals surface area contributed by atoms with Crippen molar-refractivity contribution < 1.29 is 9.53 Å². The Morgan fingerprint density at radius 3 is 2.44 bits per heavy atom. The third kappa shape index (κ3) is 8.16. The fourth-order valence-corrected chi connectivity index (χ4v) is 0.874. The quantitative estimate of drug-likeness (QED) is 0.338. The van der Waals surface area contributed by atoms with Crippen molar-refractivity contribution >= 4 is 29.0 Å². The van der Waals surface area contributed by atoms with E-state index in [2.05, 4.69) is 15.8 Å². The number of carbonyl (C=O) groups excluding carboxylic acids is 1. The molecule has 0 radical (unpaired) electrons. The van der Waals surface area contributed by atoms with Gasteiger partial charge in [-0.25, -0.2) is 0 Å². The molecule has 0 unspecified atom stereocenters. The zero-order valence-electron chi connectivity index (χ0n) is 10.4. The van der Waals surface area contributed by atoms with Crippen LogP contribution in [0.25, 0.3) is 0 Å². The first-order valence-electron chi connectivity index (χ1n) is 4.97. The smallest absolute Gasteiger partial charge is 0.312 e. The Morgan fingerprint density at radius 1 is 1.44 bits per heavy atom. The van der Waals surface area contributed by atoms with E-state index in [9.17, 15) is 4.79 Å². The molecule has 0 bridgehead atoms. The molecule has 0 spiro atoms. The van der Waals surface area contributed by atoms with Crippen LogP contribution in [0.4, 0.5) is 0 Å². The lowest BCUT2D eigenvalue weighted by molar-refractivity contribution is -0.153. The maximum atomic E-state index is 11.4. The van der Waals surface area contributed by atoms with Gasteiger partial charge in [-0.3, -0.25) is 10.2 Å². The van der Waals surface area contributed by atoms with Gasteiger partial charge in [-0.2, -0.15) is 5.10 Å². The third-order valence-corrected chi connectivity index (χ3v) is 1.69. The Kier molecular flexibility index (Phi) is 5.95. The van der Waals surface area contributed by atoms with E-state index in [1.165, 1.54) is 0 Å². The lowest BCUT2D eigenvalue weighted by atomic mass is 10.2. The average molecular weight is 245 g/mol. The summed E-state index contributed by atoms with van der Waals surface area (Å²) >= 11 is 4.83. The summed E-state index contributed by atoms with van der Waals surface area (Å²) in [5.74, 6) is -0.300. The van der Waals surface area contributed by atoms with Gasteiger partial charge in [0, 0.05) is 12.8 Å². The molecular weight excluding hydrogens is 226 g/mol. The van der Waals surface area contributed by atoms with E-state index in [0.717, 1.165) is 0 Å². The zero-order chi connectivity index (χ0) is 12.8. The highest BCUT2D eigenvalue weighted by Crippen LogP contribution is 2.08. The van der Waals surface area contributed by atoms with Crippen LogP contribution in [0.1, 0.15) is 34.1 Å². The Balaban J connectivity index is 4.09. The first-order valence-corrected chi connectivity index (χ1v) is 5.38. The summed E-state index contributed by atoms with van der Waals surface area (Å²) in [7, 11) is 1.69. The van der Waals surface area contributed by atoms with Gasteiger partial charge in [0.2, 0.25) is 0 Å². The monoisotopic (exact) mass is 245 g/mol. The van der Waals surface area contributed by atoms with E-state index in [-0.39, 0.29) is 12.4 Å². The van der Waals surface area contributed by atoms with Crippen molar-refractivity contribution in [1.82, 2.24) is 10.7 Å². The summed E-state index contributed by atoms with van der Waals surface area (Å²) in [4.78, 5) is 11.4. The van der Waals surface area contributed by atoms with Gasteiger partial charge in [0.25, 0.3) is 0 Å². The van der Waals surface area contributed by atoms with Crippen LogP contribution in [0.15, 0.2) is 5.10 Å². The van der Waals surface area contributed by atoms with E-state index in [0.29, 0.717) is 10.8 Å². The topological polar surface area (TPSA) is 62.7 Å². The summed E-state index contributed by atoms with van der Waals surface area (Å²) in [6.45, 7) is 7.21. The highest BCUT2D eigenvalue weighted by atomic mass is 32.1. The van der Waals surface area contributed by atoms with E-state index >= 15 is 0 Å². The number of ether oxygens (including phenoxy) is 1. The molecule has 0 aliphatic heterocycles. The minimum absolute atomic E-state index is 0.149. The molecule has 0 aromatic heterocycles. The van der Waals surface area contributed by atoms with Crippen molar-refractivity contribution in [2.24, 2.45) is 5.10 Å². The fraction of sp³-hybridized carbons (Fsp3) is 0.700. The van der Waals surface area contributed by atoms with Crippen molar-refractivity contribution in [3.05, 3.63) is 0 Å². The molecule has 0 atom stereocenters. The third-order valence-electron chi connectivity index (χ3n) is 1.40. The first-order chi connectivity index (χ1) is 7.24. The number of esters is 1. The lowest BCUT2D eigenvalue weighted by Crippen LogP contribution is -2.30. The minimum atomic E-state index is -0.467. The second-order valence-corrected chi connectivity index (χ2v) is 4.71. The molecule has 0 aliphatic rings. The summed E-state index contributed by atoms with van der Waals surface area (Å²) in [6, 6.07) is 0. The highest BCUT2D eigenvalue weighted by Gasteiger charge is 2.16. The van der Waals surface area contributed by atoms with E-state index in [1.807, 2.05) is 20.8 Å². The second-order valence-electron chi connectivity index (χ2n) is 4.30. The summed E-state index contributed by atoms with van der Waals surface area (Å²) in [6.07, 6.45) is 0.149. The Labute approximate surface area is 102 Å². The van der Waals surface area contributed by atoms with E-state index < -0.39 is 5.60 Å². The maximum absolute atomic E-state index is 11.4. The van der Waals surface area contributed by atoms with Gasteiger partial charge in [0.1, 0.15) is 5.60 Å². The number of hydrazone groups is 1. The molecule has 16 heavy (non-hydrogen) atoms. The van der Waals surface area contributed by atoms with Gasteiger partial charge in [-0.15, -0.1) is 0 Å². The Bertz CT molecular complexity index is 295. The van der Waals surface area contributed by atoms with E-state index in [4.69, 9.17) is 17.0 Å². The molecule has 0 aliphatic carbocycles.